The lowest BCUT2D eigenvalue weighted by Gasteiger charge is -2.11. The largest absolute Gasteiger partial charge is 0.306 e. The molecule has 1 N–H and O–H groups in total. The molecule has 4 rings (SSSR count). The van der Waals surface area contributed by atoms with Crippen LogP contribution in [0.1, 0.15) is 21.6 Å². The SMILES string of the molecule is Cc1cc(NC(=O)c2ccccc2Br)n(-c2cc(C)c3ccccc3n2)n1. The number of halogens is 1. The number of nitrogens with zero attached hydrogens (tertiary/aromatic N) is 3. The van der Waals surface area contributed by atoms with Crippen molar-refractivity contribution in [1.29, 1.82) is 0 Å². The molecule has 0 atom stereocenters. The Hall–Kier alpha value is -2.99. The minimum Gasteiger partial charge on any atom is -0.306 e. The van der Waals surface area contributed by atoms with Crippen LogP contribution < -0.4 is 5.32 Å². The first kappa shape index (κ1) is 17.4. The number of amides is 1. The van der Waals surface area contributed by atoms with E-state index in [4.69, 9.17) is 4.98 Å². The smallest absolute Gasteiger partial charge is 0.257 e. The molecule has 0 aliphatic heterocycles. The normalized spacial score (nSPS) is 10.9. The van der Waals surface area contributed by atoms with Gasteiger partial charge >= 0.3 is 0 Å². The minimum absolute atomic E-state index is 0.207. The summed E-state index contributed by atoms with van der Waals surface area (Å²) in [5, 5.41) is 8.57. The number of hydrogen-bond acceptors (Lipinski definition) is 3. The average molecular weight is 421 g/mol. The van der Waals surface area contributed by atoms with Crippen molar-refractivity contribution in [3.63, 3.8) is 0 Å². The first-order valence-corrected chi connectivity index (χ1v) is 9.31. The molecule has 6 heteroatoms. The quantitative estimate of drug-likeness (QED) is 0.504. The van der Waals surface area contributed by atoms with E-state index in [1.807, 2.05) is 68.4 Å². The first-order valence-electron chi connectivity index (χ1n) is 8.52. The molecule has 0 unspecified atom stereocenters. The zero-order chi connectivity index (χ0) is 19.0. The Balaban J connectivity index is 1.76. The van der Waals surface area contributed by atoms with Gasteiger partial charge in [-0.15, -0.1) is 0 Å². The highest BCUT2D eigenvalue weighted by Gasteiger charge is 2.15. The fourth-order valence-electron chi connectivity index (χ4n) is 3.03. The Morgan fingerprint density at radius 1 is 1.04 bits per heavy atom. The monoisotopic (exact) mass is 420 g/mol. The number of rotatable bonds is 3. The summed E-state index contributed by atoms with van der Waals surface area (Å²) in [4.78, 5) is 17.4. The van der Waals surface area contributed by atoms with Crippen LogP contribution in [0.5, 0.6) is 0 Å². The molecule has 134 valence electrons. The van der Waals surface area contributed by atoms with Crippen LogP contribution in [0.2, 0.25) is 0 Å². The Bertz CT molecular complexity index is 1170. The van der Waals surface area contributed by atoms with Crippen LogP contribution in [-0.2, 0) is 0 Å². The number of nitrogens with one attached hydrogen (secondary N) is 1. The van der Waals surface area contributed by atoms with Crippen LogP contribution in [-0.4, -0.2) is 20.7 Å². The van der Waals surface area contributed by atoms with Gasteiger partial charge in [-0.2, -0.15) is 9.78 Å². The summed E-state index contributed by atoms with van der Waals surface area (Å²) < 4.78 is 2.41. The van der Waals surface area contributed by atoms with Crippen molar-refractivity contribution >= 4 is 38.6 Å². The van der Waals surface area contributed by atoms with Gasteiger partial charge in [0.05, 0.1) is 16.8 Å². The van der Waals surface area contributed by atoms with Crippen molar-refractivity contribution in [2.75, 3.05) is 5.32 Å². The second-order valence-corrected chi connectivity index (χ2v) is 7.19. The number of benzene rings is 2. The van der Waals surface area contributed by atoms with Crippen molar-refractivity contribution in [1.82, 2.24) is 14.8 Å². The zero-order valence-corrected chi connectivity index (χ0v) is 16.5. The van der Waals surface area contributed by atoms with E-state index < -0.39 is 0 Å². The lowest BCUT2D eigenvalue weighted by molar-refractivity contribution is 0.102. The Kier molecular flexibility index (Phi) is 4.49. The van der Waals surface area contributed by atoms with E-state index >= 15 is 0 Å². The van der Waals surface area contributed by atoms with Crippen LogP contribution in [0.15, 0.2) is 65.1 Å². The topological polar surface area (TPSA) is 59.8 Å². The predicted molar refractivity (Wildman–Crippen MR) is 110 cm³/mol. The molecule has 2 heterocycles. The second-order valence-electron chi connectivity index (χ2n) is 6.33. The summed E-state index contributed by atoms with van der Waals surface area (Å²) in [6, 6.07) is 19.1. The molecule has 0 aliphatic rings. The second kappa shape index (κ2) is 6.96. The van der Waals surface area contributed by atoms with E-state index in [2.05, 4.69) is 26.3 Å². The van der Waals surface area contributed by atoms with Crippen molar-refractivity contribution in [2.45, 2.75) is 13.8 Å². The van der Waals surface area contributed by atoms with Gasteiger partial charge in [0.25, 0.3) is 5.91 Å². The molecule has 0 aliphatic carbocycles. The summed E-state index contributed by atoms with van der Waals surface area (Å²) >= 11 is 3.42. The number of aryl methyl sites for hydroxylation is 2. The maximum absolute atomic E-state index is 12.7. The molecule has 2 aromatic heterocycles. The molecule has 5 nitrogen and oxygen atoms in total. The number of anilines is 1. The van der Waals surface area contributed by atoms with Gasteiger partial charge in [-0.25, -0.2) is 4.98 Å². The predicted octanol–water partition coefficient (Wildman–Crippen LogP) is 5.05. The summed E-state index contributed by atoms with van der Waals surface area (Å²) in [7, 11) is 0. The van der Waals surface area contributed by atoms with Gasteiger partial charge in [0.1, 0.15) is 5.82 Å². The lowest BCUT2D eigenvalue weighted by Crippen LogP contribution is -2.16. The van der Waals surface area contributed by atoms with Crippen LogP contribution in [0.25, 0.3) is 16.7 Å². The molecule has 1 amide bonds. The van der Waals surface area contributed by atoms with Crippen LogP contribution in [0.4, 0.5) is 5.82 Å². The number of fused-ring (bicyclic) bond motifs is 1. The molecular weight excluding hydrogens is 404 g/mol. The molecule has 0 radical (unpaired) electrons. The zero-order valence-electron chi connectivity index (χ0n) is 14.9. The number of carbonyl (C=O) groups is 1. The number of aromatic nitrogens is 3. The molecule has 0 saturated heterocycles. The van der Waals surface area contributed by atoms with E-state index in [1.54, 1.807) is 10.7 Å². The van der Waals surface area contributed by atoms with Crippen LogP contribution in [0.3, 0.4) is 0 Å². The first-order chi connectivity index (χ1) is 13.0. The van der Waals surface area contributed by atoms with Crippen molar-refractivity contribution in [2.24, 2.45) is 0 Å². The van der Waals surface area contributed by atoms with Gasteiger partial charge < -0.3 is 5.32 Å². The third kappa shape index (κ3) is 3.36. The van der Waals surface area contributed by atoms with Gasteiger partial charge in [-0.3, -0.25) is 4.79 Å². The molecule has 0 spiro atoms. The van der Waals surface area contributed by atoms with Crippen LogP contribution in [0, 0.1) is 13.8 Å². The molecular formula is C21H17BrN4O. The van der Waals surface area contributed by atoms with E-state index in [-0.39, 0.29) is 5.91 Å². The van der Waals surface area contributed by atoms with Gasteiger partial charge in [-0.1, -0.05) is 30.3 Å². The summed E-state index contributed by atoms with van der Waals surface area (Å²) in [6.45, 7) is 3.93. The number of para-hydroxylation sites is 1. The molecule has 0 fully saturated rings. The molecule has 4 aromatic rings. The fraction of sp³-hybridized carbons (Fsp3) is 0.0952. The maximum atomic E-state index is 12.7. The number of hydrogen-bond donors (Lipinski definition) is 1. The standard InChI is InChI=1S/C21H17BrN4O/c1-13-11-19(23-18-10-6-4-7-15(13)18)26-20(12-14(2)25-26)24-21(27)16-8-3-5-9-17(16)22/h3-12H,1-2H3,(H,24,27). The molecule has 2 aromatic carbocycles. The van der Waals surface area contributed by atoms with Crippen molar-refractivity contribution in [3.8, 4) is 5.82 Å². The van der Waals surface area contributed by atoms with Gasteiger partial charge in [0.2, 0.25) is 0 Å². The highest BCUT2D eigenvalue weighted by molar-refractivity contribution is 9.10. The third-order valence-electron chi connectivity index (χ3n) is 4.32. The Morgan fingerprint density at radius 3 is 2.59 bits per heavy atom. The lowest BCUT2D eigenvalue weighted by atomic mass is 10.1. The van der Waals surface area contributed by atoms with Crippen molar-refractivity contribution < 1.29 is 4.79 Å². The van der Waals surface area contributed by atoms with E-state index in [0.717, 1.165) is 26.6 Å². The summed E-state index contributed by atoms with van der Waals surface area (Å²) in [5.41, 5.74) is 3.35. The van der Waals surface area contributed by atoms with Gasteiger partial charge in [0, 0.05) is 15.9 Å². The maximum Gasteiger partial charge on any atom is 0.257 e. The summed E-state index contributed by atoms with van der Waals surface area (Å²) in [5.74, 6) is 1.04. The molecule has 0 saturated carbocycles. The minimum atomic E-state index is -0.207. The fourth-order valence-corrected chi connectivity index (χ4v) is 3.50. The summed E-state index contributed by atoms with van der Waals surface area (Å²) in [6.07, 6.45) is 0. The van der Waals surface area contributed by atoms with E-state index in [1.165, 1.54) is 0 Å². The van der Waals surface area contributed by atoms with Gasteiger partial charge in [0.15, 0.2) is 5.82 Å². The Labute approximate surface area is 165 Å². The van der Waals surface area contributed by atoms with Crippen molar-refractivity contribution in [3.05, 3.63) is 82.0 Å². The highest BCUT2D eigenvalue weighted by Crippen LogP contribution is 2.23. The highest BCUT2D eigenvalue weighted by atomic mass is 79.9. The van der Waals surface area contributed by atoms with Crippen LogP contribution >= 0.6 is 15.9 Å². The van der Waals surface area contributed by atoms with E-state index in [9.17, 15) is 4.79 Å². The third-order valence-corrected chi connectivity index (χ3v) is 5.01. The number of pyridine rings is 1. The van der Waals surface area contributed by atoms with E-state index in [0.29, 0.717) is 17.2 Å². The number of carbonyl (C=O) groups excluding carboxylic acids is 1. The van der Waals surface area contributed by atoms with Gasteiger partial charge in [-0.05, 0) is 59.6 Å². The average Bonchev–Trinajstić information content (AvgIpc) is 3.02. The molecule has 0 bridgehead atoms. The Morgan fingerprint density at radius 2 is 1.78 bits per heavy atom. The molecule has 27 heavy (non-hydrogen) atoms.